The van der Waals surface area contributed by atoms with Crippen molar-refractivity contribution in [2.45, 2.75) is 92.2 Å². The van der Waals surface area contributed by atoms with Crippen molar-refractivity contribution in [2.24, 2.45) is 0 Å². The number of nitrogens with zero attached hydrogens (tertiary/aromatic N) is 2. The molecule has 10 heteroatoms. The molecule has 0 unspecified atom stereocenters. The van der Waals surface area contributed by atoms with Crippen molar-refractivity contribution in [1.29, 1.82) is 0 Å². The summed E-state index contributed by atoms with van der Waals surface area (Å²) in [4.78, 5) is 4.71. The van der Waals surface area contributed by atoms with Gasteiger partial charge in [0, 0.05) is 26.2 Å². The first kappa shape index (κ1) is 47.0. The van der Waals surface area contributed by atoms with Crippen LogP contribution in [-0.2, 0) is 47.2 Å². The average molecular weight is 736 g/mol. The van der Waals surface area contributed by atoms with Gasteiger partial charge in [0.25, 0.3) is 0 Å². The number of phenols is 2. The Labute approximate surface area is 292 Å². The second-order valence-electron chi connectivity index (χ2n) is 11.5. The molecule has 0 saturated carbocycles. The van der Waals surface area contributed by atoms with Crippen molar-refractivity contribution in [2.75, 3.05) is 27.2 Å². The van der Waals surface area contributed by atoms with Crippen LogP contribution in [0.2, 0.25) is 0 Å². The van der Waals surface area contributed by atoms with Gasteiger partial charge >= 0.3 is 71.3 Å². The fourth-order valence-electron chi connectivity index (χ4n) is 4.55. The van der Waals surface area contributed by atoms with E-state index >= 15 is 0 Å². The molecule has 0 fully saturated rings. The van der Waals surface area contributed by atoms with Crippen LogP contribution in [0.3, 0.4) is 0 Å². The van der Waals surface area contributed by atoms with Gasteiger partial charge in [-0.15, -0.1) is 0 Å². The summed E-state index contributed by atoms with van der Waals surface area (Å²) in [7, 11) is 23.9. The van der Waals surface area contributed by atoms with E-state index < -0.39 is 34.1 Å². The number of rotatable bonds is 11. The molecule has 0 saturated heterocycles. The van der Waals surface area contributed by atoms with E-state index in [4.69, 9.17) is 37.2 Å². The Morgan fingerprint density at radius 2 is 0.738 bits per heavy atom. The zero-order valence-electron chi connectivity index (χ0n) is 27.7. The molecule has 0 aliphatic rings. The molecule has 0 aliphatic carbocycles. The number of halogens is 4. The first-order valence-corrected chi connectivity index (χ1v) is 22.2. The summed E-state index contributed by atoms with van der Waals surface area (Å²) in [5.74, 6) is 2.12. The Morgan fingerprint density at radius 3 is 0.905 bits per heavy atom. The van der Waals surface area contributed by atoms with Crippen molar-refractivity contribution < 1.29 is 44.3 Å². The molecule has 0 amide bonds. The third kappa shape index (κ3) is 16.7. The number of likely N-dealkylation sites (N-methyl/N-ethyl adjacent to an activating group) is 2. The Hall–Kier alpha value is 0.549. The average Bonchev–Trinajstić information content (AvgIpc) is 2.85. The minimum atomic E-state index is -0.556. The van der Waals surface area contributed by atoms with Crippen molar-refractivity contribution in [3.8, 4) is 11.5 Å². The quantitative estimate of drug-likeness (QED) is 0.178. The van der Waals surface area contributed by atoms with Crippen LogP contribution in [0, 0.1) is 14.9 Å². The summed E-state index contributed by atoms with van der Waals surface area (Å²) in [5, 5.41) is 21.4. The monoisotopic (exact) mass is 734 g/mol. The Morgan fingerprint density at radius 1 is 0.548 bits per heavy atom. The zero-order valence-corrected chi connectivity index (χ0v) is 33.9. The van der Waals surface area contributed by atoms with Crippen LogP contribution in [0.15, 0.2) is 24.3 Å². The van der Waals surface area contributed by atoms with Gasteiger partial charge in [-0.3, -0.25) is 0 Å². The Bertz CT molecular complexity index is 871. The maximum absolute atomic E-state index is 10.7. The summed E-state index contributed by atoms with van der Waals surface area (Å²) >= 11 is -1.11. The van der Waals surface area contributed by atoms with Crippen molar-refractivity contribution >= 4 is 37.2 Å². The van der Waals surface area contributed by atoms with Gasteiger partial charge in [-0.2, -0.15) is 0 Å². The number of hydrogen-bond donors (Lipinski definition) is 2. The summed E-state index contributed by atoms with van der Waals surface area (Å²) in [6.45, 7) is 20.8. The number of benzene rings is 2. The standard InChI is InChI=1S/C30H48N2O2.2CH3.4ClH.2Ti/c1-19(2)25-13-23(14-26(20(3)4)29(25)33)17-31(9)11-12-32(10)18-24-15-27(21(5)6)30(34)28(16-24)22(7)8;;;;;;;;/h13-16,19-22,33-34H,11-12,17-18H2,1-10H3;2*1H3;4*1H;;/q;2*-1;;;;;2*+2/p-4. The van der Waals surface area contributed by atoms with E-state index in [9.17, 15) is 10.2 Å². The molecule has 2 rings (SSSR count). The van der Waals surface area contributed by atoms with Crippen molar-refractivity contribution in [1.82, 2.24) is 9.80 Å². The molecule has 0 aromatic heterocycles. The summed E-state index contributed by atoms with van der Waals surface area (Å²) in [6.07, 6.45) is 0. The molecule has 4 nitrogen and oxygen atoms in total. The van der Waals surface area contributed by atoms with Gasteiger partial charge in [-0.25, -0.2) is 0 Å². The van der Waals surface area contributed by atoms with Crippen LogP contribution < -0.4 is 0 Å². The molecule has 2 aromatic rings. The molecule has 2 N–H and O–H groups in total. The molecule has 0 heterocycles. The fourth-order valence-corrected chi connectivity index (χ4v) is 4.55. The number of phenolic OH excluding ortho intramolecular Hbond substituents is 2. The van der Waals surface area contributed by atoms with Gasteiger partial charge in [0.05, 0.1) is 0 Å². The van der Waals surface area contributed by atoms with E-state index in [1.54, 1.807) is 0 Å². The molecule has 0 spiro atoms. The second kappa shape index (κ2) is 24.7. The first-order chi connectivity index (χ1) is 18.6. The van der Waals surface area contributed by atoms with E-state index in [1.807, 2.05) is 0 Å². The SMILES string of the molecule is CC(C)c1cc(CN(C)CCN(C)Cc2cc(C(C)C)c(O)c(C(C)C)c2)cc(C(C)C)c1O.[CH3-].[CH3-].[Cl][Ti][Cl].[Cl][Ti][Cl]. The van der Waals surface area contributed by atoms with E-state index in [0.29, 0.717) is 35.2 Å². The molecule has 0 bridgehead atoms. The van der Waals surface area contributed by atoms with Crippen LogP contribution >= 0.6 is 37.2 Å². The van der Waals surface area contributed by atoms with Gasteiger partial charge in [-0.05, 0) is 71.1 Å². The summed E-state index contributed by atoms with van der Waals surface area (Å²) < 4.78 is 0. The number of hydrogen-bond acceptors (Lipinski definition) is 4. The van der Waals surface area contributed by atoms with Crippen LogP contribution in [-0.4, -0.2) is 47.2 Å². The van der Waals surface area contributed by atoms with Crippen LogP contribution in [0.1, 0.15) is 112 Å². The van der Waals surface area contributed by atoms with Gasteiger partial charge in [0.1, 0.15) is 11.5 Å². The third-order valence-electron chi connectivity index (χ3n) is 6.71. The van der Waals surface area contributed by atoms with E-state index in [-0.39, 0.29) is 14.9 Å². The van der Waals surface area contributed by atoms with Gasteiger partial charge in [0.2, 0.25) is 0 Å². The van der Waals surface area contributed by atoms with Gasteiger partial charge in [0.15, 0.2) is 0 Å². The minimum absolute atomic E-state index is 0. The molecule has 2 aromatic carbocycles. The van der Waals surface area contributed by atoms with E-state index in [2.05, 4.69) is 104 Å². The topological polar surface area (TPSA) is 46.9 Å². The second-order valence-corrected chi connectivity index (χ2v) is 16.6. The van der Waals surface area contributed by atoms with Crippen LogP contribution in [0.5, 0.6) is 11.5 Å². The van der Waals surface area contributed by atoms with E-state index in [0.717, 1.165) is 48.4 Å². The molecule has 0 radical (unpaired) electrons. The molecule has 0 aliphatic heterocycles. The molecular weight excluding hydrogens is 682 g/mol. The van der Waals surface area contributed by atoms with Gasteiger partial charge in [-0.1, -0.05) is 79.7 Å². The zero-order chi connectivity index (χ0) is 31.2. The first-order valence-electron chi connectivity index (χ1n) is 13.7. The predicted octanol–water partition coefficient (Wildman–Crippen LogP) is 10.8. The third-order valence-corrected chi connectivity index (χ3v) is 6.71. The molecular formula is C32H54Cl4N2O2Ti2-2. The summed E-state index contributed by atoms with van der Waals surface area (Å²) in [5.41, 5.74) is 6.69. The molecule has 0 atom stereocenters. The summed E-state index contributed by atoms with van der Waals surface area (Å²) in [6, 6.07) is 8.68. The fraction of sp³-hybridized carbons (Fsp3) is 0.562. The van der Waals surface area contributed by atoms with E-state index in [1.165, 1.54) is 11.1 Å². The van der Waals surface area contributed by atoms with Crippen molar-refractivity contribution in [3.05, 3.63) is 72.5 Å². The van der Waals surface area contributed by atoms with Crippen LogP contribution in [0.4, 0.5) is 0 Å². The van der Waals surface area contributed by atoms with Crippen LogP contribution in [0.25, 0.3) is 0 Å². The van der Waals surface area contributed by atoms with Crippen molar-refractivity contribution in [3.63, 3.8) is 0 Å². The van der Waals surface area contributed by atoms with Gasteiger partial charge < -0.3 is 34.9 Å². The normalized spacial score (nSPS) is 10.7. The molecule has 42 heavy (non-hydrogen) atoms. The number of aromatic hydroxyl groups is 2. The predicted molar refractivity (Wildman–Crippen MR) is 181 cm³/mol. The Kier molecular flexibility index (Phi) is 27.7. The Balaban J connectivity index is -0.00000175. The maximum atomic E-state index is 10.7. The molecule has 242 valence electrons.